The van der Waals surface area contributed by atoms with Gasteiger partial charge in [-0.25, -0.2) is 0 Å². The fraction of sp³-hybridized carbons (Fsp3) is 0. The number of rotatable bonds is 0. The molecular formula is C10H9N2. The molecule has 12 heavy (non-hydrogen) atoms. The minimum Gasteiger partial charge on any atom is -0.360 e. The first-order valence-corrected chi connectivity index (χ1v) is 3.85. The quantitative estimate of drug-likeness (QED) is 0.568. The molecule has 1 N–H and O–H groups in total. The van der Waals surface area contributed by atoms with Crippen molar-refractivity contribution in [3.05, 3.63) is 54.4 Å². The molecule has 0 bridgehead atoms. The van der Waals surface area contributed by atoms with E-state index in [0.29, 0.717) is 0 Å². The van der Waals surface area contributed by atoms with Gasteiger partial charge in [0, 0.05) is 18.8 Å². The lowest BCUT2D eigenvalue weighted by atomic mass is 10.2. The van der Waals surface area contributed by atoms with Crippen LogP contribution in [0.4, 0.5) is 0 Å². The molecule has 2 heterocycles. The van der Waals surface area contributed by atoms with E-state index in [-0.39, 0.29) is 0 Å². The van der Waals surface area contributed by atoms with Crippen LogP contribution in [0.5, 0.6) is 0 Å². The van der Waals surface area contributed by atoms with Gasteiger partial charge in [-0.15, -0.1) is 0 Å². The molecule has 0 saturated heterocycles. The predicted octanol–water partition coefficient (Wildman–Crippen LogP) is 1.72. The number of hydrogen-bond donors (Lipinski definition) is 1. The Labute approximate surface area is 71.7 Å². The van der Waals surface area contributed by atoms with Gasteiger partial charge in [0.1, 0.15) is 0 Å². The average molecular weight is 157 g/mol. The lowest BCUT2D eigenvalue weighted by Crippen LogP contribution is -2.07. The van der Waals surface area contributed by atoms with Crippen molar-refractivity contribution in [3.8, 4) is 0 Å². The molecule has 59 valence electrons. The number of nitrogens with one attached hydrogen (secondary N) is 1. The van der Waals surface area contributed by atoms with Gasteiger partial charge in [0.05, 0.1) is 11.4 Å². The van der Waals surface area contributed by atoms with Crippen LogP contribution in [0.15, 0.2) is 53.0 Å². The highest BCUT2D eigenvalue weighted by Crippen LogP contribution is 2.11. The van der Waals surface area contributed by atoms with E-state index in [1.54, 1.807) is 6.21 Å². The summed E-state index contributed by atoms with van der Waals surface area (Å²) in [5.41, 5.74) is 2.01. The smallest absolute Gasteiger partial charge is 0.0857 e. The van der Waals surface area contributed by atoms with Crippen molar-refractivity contribution in [2.75, 3.05) is 0 Å². The highest BCUT2D eigenvalue weighted by Gasteiger charge is 2.01. The third-order valence-electron chi connectivity index (χ3n) is 1.65. The van der Waals surface area contributed by atoms with Crippen LogP contribution in [-0.2, 0) is 0 Å². The minimum absolute atomic E-state index is 0.970. The second-order valence-corrected chi connectivity index (χ2v) is 2.49. The minimum atomic E-state index is 0.970. The zero-order valence-corrected chi connectivity index (χ0v) is 6.57. The van der Waals surface area contributed by atoms with Crippen LogP contribution in [0.3, 0.4) is 0 Å². The molecule has 2 nitrogen and oxygen atoms in total. The third kappa shape index (κ3) is 1.37. The fourth-order valence-electron chi connectivity index (χ4n) is 1.07. The molecule has 0 aromatic carbocycles. The second kappa shape index (κ2) is 3.22. The number of allylic oxidation sites excluding steroid dienone is 5. The van der Waals surface area contributed by atoms with Crippen LogP contribution in [0.2, 0.25) is 0 Å². The summed E-state index contributed by atoms with van der Waals surface area (Å²) in [6.45, 7) is 0. The molecule has 0 fully saturated rings. The van der Waals surface area contributed by atoms with E-state index in [1.165, 1.54) is 0 Å². The lowest BCUT2D eigenvalue weighted by molar-refractivity contribution is 1.06. The first kappa shape index (κ1) is 7.10. The van der Waals surface area contributed by atoms with Crippen LogP contribution >= 0.6 is 0 Å². The molecule has 0 amide bonds. The molecule has 2 rings (SSSR count). The van der Waals surface area contributed by atoms with Crippen molar-refractivity contribution >= 4 is 6.21 Å². The number of aliphatic imine (C=N–C) groups is 1. The highest BCUT2D eigenvalue weighted by atomic mass is 14.9. The van der Waals surface area contributed by atoms with Crippen molar-refractivity contribution in [1.29, 1.82) is 0 Å². The summed E-state index contributed by atoms with van der Waals surface area (Å²) in [6.07, 6.45) is 15.5. The van der Waals surface area contributed by atoms with Crippen molar-refractivity contribution in [2.45, 2.75) is 0 Å². The topological polar surface area (TPSA) is 24.4 Å². The Hall–Kier alpha value is -1.57. The molecule has 0 saturated carbocycles. The normalized spacial score (nSPS) is 26.0. The Balaban J connectivity index is 2.29. The molecule has 0 atom stereocenters. The molecule has 1 radical (unpaired) electrons. The molecule has 0 aromatic rings. The summed E-state index contributed by atoms with van der Waals surface area (Å²) >= 11 is 0. The predicted molar refractivity (Wildman–Crippen MR) is 50.4 cm³/mol. The molecule has 2 aliphatic rings. The maximum absolute atomic E-state index is 4.22. The Morgan fingerprint density at radius 2 is 2.08 bits per heavy atom. The van der Waals surface area contributed by atoms with Crippen molar-refractivity contribution < 1.29 is 0 Å². The Morgan fingerprint density at radius 1 is 1.08 bits per heavy atom. The van der Waals surface area contributed by atoms with Crippen LogP contribution < -0.4 is 5.32 Å². The van der Waals surface area contributed by atoms with Gasteiger partial charge in [0.2, 0.25) is 0 Å². The third-order valence-corrected chi connectivity index (χ3v) is 1.65. The summed E-state index contributed by atoms with van der Waals surface area (Å²) in [4.78, 5) is 4.22. The lowest BCUT2D eigenvalue weighted by Gasteiger charge is -2.09. The maximum atomic E-state index is 4.22. The van der Waals surface area contributed by atoms with Gasteiger partial charge >= 0.3 is 0 Å². The second-order valence-electron chi connectivity index (χ2n) is 2.49. The number of dihydropyridines is 2. The largest absolute Gasteiger partial charge is 0.360 e. The summed E-state index contributed by atoms with van der Waals surface area (Å²) in [7, 11) is 0. The van der Waals surface area contributed by atoms with E-state index in [9.17, 15) is 0 Å². The van der Waals surface area contributed by atoms with Crippen molar-refractivity contribution in [3.63, 3.8) is 0 Å². The molecule has 2 heteroatoms. The monoisotopic (exact) mass is 157 g/mol. The van der Waals surface area contributed by atoms with Crippen LogP contribution in [0.25, 0.3) is 0 Å². The Morgan fingerprint density at radius 3 is 2.75 bits per heavy atom. The summed E-state index contributed by atoms with van der Waals surface area (Å²) in [5, 5.41) is 3.12. The van der Waals surface area contributed by atoms with E-state index in [1.807, 2.05) is 43.0 Å². The van der Waals surface area contributed by atoms with Crippen molar-refractivity contribution in [2.24, 2.45) is 4.99 Å². The fourth-order valence-corrected chi connectivity index (χ4v) is 1.07. The first-order chi connectivity index (χ1) is 5.97. The Bertz CT molecular complexity index is 303. The van der Waals surface area contributed by atoms with Gasteiger partial charge in [0.25, 0.3) is 0 Å². The zero-order valence-electron chi connectivity index (χ0n) is 6.57. The molecule has 2 aliphatic heterocycles. The average Bonchev–Trinajstić information content (AvgIpc) is 2.21. The number of nitrogens with zero attached hydrogens (tertiary/aromatic N) is 1. The van der Waals surface area contributed by atoms with E-state index in [2.05, 4.69) is 10.3 Å². The van der Waals surface area contributed by atoms with Crippen LogP contribution in [-0.4, -0.2) is 6.21 Å². The zero-order chi connectivity index (χ0) is 8.23. The van der Waals surface area contributed by atoms with Gasteiger partial charge in [-0.05, 0) is 18.2 Å². The molecule has 0 aliphatic carbocycles. The summed E-state index contributed by atoms with van der Waals surface area (Å²) < 4.78 is 0. The van der Waals surface area contributed by atoms with Gasteiger partial charge in [-0.2, -0.15) is 0 Å². The van der Waals surface area contributed by atoms with E-state index < -0.39 is 0 Å². The van der Waals surface area contributed by atoms with Crippen LogP contribution in [0.1, 0.15) is 0 Å². The van der Waals surface area contributed by atoms with E-state index >= 15 is 0 Å². The Kier molecular flexibility index (Phi) is 1.90. The van der Waals surface area contributed by atoms with Crippen LogP contribution in [0, 0.1) is 6.42 Å². The highest BCUT2D eigenvalue weighted by molar-refractivity contribution is 5.74. The molecule has 0 spiro atoms. The summed E-state index contributed by atoms with van der Waals surface area (Å²) in [6, 6.07) is 0. The van der Waals surface area contributed by atoms with Crippen molar-refractivity contribution in [1.82, 2.24) is 5.32 Å². The number of hydrogen-bond acceptors (Lipinski definition) is 2. The standard InChI is InChI=1S/C10H9N2/c1-3-7-11-9(5-1)10-6-2-4-8-12-10/h1-8,11H/b10-9-. The van der Waals surface area contributed by atoms with Gasteiger partial charge in [0.15, 0.2) is 0 Å². The van der Waals surface area contributed by atoms with Gasteiger partial charge < -0.3 is 5.32 Å². The van der Waals surface area contributed by atoms with Gasteiger partial charge in [-0.1, -0.05) is 12.2 Å². The molecule has 0 unspecified atom stereocenters. The SMILES string of the molecule is [CH]1C=C/C(=C2\C=CC=CN2)N=C1. The molecule has 0 aromatic heterocycles. The summed E-state index contributed by atoms with van der Waals surface area (Å²) in [5.74, 6) is 0. The van der Waals surface area contributed by atoms with Gasteiger partial charge in [-0.3, -0.25) is 4.99 Å². The maximum Gasteiger partial charge on any atom is 0.0857 e. The molecular weight excluding hydrogens is 148 g/mol. The van der Waals surface area contributed by atoms with E-state index in [4.69, 9.17) is 0 Å². The van der Waals surface area contributed by atoms with E-state index in [0.717, 1.165) is 11.4 Å². The first-order valence-electron chi connectivity index (χ1n) is 3.85.